The van der Waals surface area contributed by atoms with E-state index >= 15 is 0 Å². The molecule has 0 aromatic heterocycles. The molecule has 6 aliphatic rings. The number of aliphatic hydroxyl groups excluding tert-OH is 2. The second kappa shape index (κ2) is 17.7. The van der Waals surface area contributed by atoms with Gasteiger partial charge in [0.1, 0.15) is 12.7 Å². The van der Waals surface area contributed by atoms with Gasteiger partial charge in [-0.25, -0.2) is 4.79 Å². The Bertz CT molecular complexity index is 1690. The number of fused-ring (bicyclic) bond motifs is 4. The highest BCUT2D eigenvalue weighted by atomic mass is 16.5. The number of rotatable bonds is 16. The van der Waals surface area contributed by atoms with Gasteiger partial charge in [0, 0.05) is 24.8 Å². The van der Waals surface area contributed by atoms with E-state index in [1.807, 2.05) is 13.0 Å². The predicted molar refractivity (Wildman–Crippen MR) is 227 cm³/mol. The fourth-order valence-corrected chi connectivity index (χ4v) is 14.2. The summed E-state index contributed by atoms with van der Waals surface area (Å²) in [6, 6.07) is 10.6. The molecule has 320 valence electrons. The van der Waals surface area contributed by atoms with E-state index in [0.717, 1.165) is 56.4 Å². The number of aryl methyl sites for hydroxylation is 1. The monoisotopic (exact) mass is 799 g/mol. The van der Waals surface area contributed by atoms with Gasteiger partial charge in [0.25, 0.3) is 0 Å². The Morgan fingerprint density at radius 1 is 0.948 bits per heavy atom. The summed E-state index contributed by atoms with van der Waals surface area (Å²) in [5.74, 6) is 7.00. The normalized spacial score (nSPS) is 39.4. The summed E-state index contributed by atoms with van der Waals surface area (Å²) in [6.45, 7) is 9.08. The molecule has 4 saturated carbocycles. The standard InChI is InChI=1S/C51H74O7/c1-5-6-8-19-39-20-14-28-49(39)30-25-40(33-49)48(4)29-26-43(53)51(42(52)23-22-36(2)15-13-18-37-16-9-7-10-17-37)46(48)41-34-47(3,27-12-11-21-44(54)58-41)50(51,56)31-24-38-32-45(55)57-35-38/h7,9-10,16-17,32,36,39-43,46,52-53,56H,5-6,8,11,13-15,18-26,28-31,33-35H2,1-4H3/t36-,39-,40+,41-,42-,43-,46+,47+,48+,49+,50-,51+/m1/s1. The summed E-state index contributed by atoms with van der Waals surface area (Å²) >= 11 is 0. The number of aliphatic hydroxyl groups is 3. The fraction of sp³-hybridized carbons (Fsp3) is 0.765. The summed E-state index contributed by atoms with van der Waals surface area (Å²) in [6.07, 6.45) is 18.1. The lowest BCUT2D eigenvalue weighted by atomic mass is 9.35. The minimum atomic E-state index is -1.67. The topological polar surface area (TPSA) is 113 Å². The van der Waals surface area contributed by atoms with E-state index in [2.05, 4.69) is 56.9 Å². The molecule has 7 nitrogen and oxygen atoms in total. The van der Waals surface area contributed by atoms with Gasteiger partial charge < -0.3 is 24.8 Å². The van der Waals surface area contributed by atoms with Gasteiger partial charge in [-0.05, 0) is 137 Å². The van der Waals surface area contributed by atoms with Crippen molar-refractivity contribution in [3.63, 3.8) is 0 Å². The number of hydrogen-bond donors (Lipinski definition) is 3. The van der Waals surface area contributed by atoms with Crippen LogP contribution in [0.1, 0.15) is 168 Å². The maximum absolute atomic E-state index is 14.1. The predicted octanol–water partition coefficient (Wildman–Crippen LogP) is 9.83. The van der Waals surface area contributed by atoms with Crippen LogP contribution in [0, 0.1) is 57.2 Å². The van der Waals surface area contributed by atoms with E-state index in [0.29, 0.717) is 49.4 Å². The third-order valence-corrected chi connectivity index (χ3v) is 17.3. The largest absolute Gasteiger partial charge is 0.462 e. The van der Waals surface area contributed by atoms with Crippen molar-refractivity contribution in [3.05, 3.63) is 47.5 Å². The fourth-order valence-electron chi connectivity index (χ4n) is 14.2. The van der Waals surface area contributed by atoms with Crippen molar-refractivity contribution in [2.45, 2.75) is 193 Å². The van der Waals surface area contributed by atoms with Crippen LogP contribution in [0.5, 0.6) is 0 Å². The first-order chi connectivity index (χ1) is 27.8. The van der Waals surface area contributed by atoms with Gasteiger partial charge in [-0.3, -0.25) is 4.79 Å². The molecule has 1 aromatic rings. The lowest BCUT2D eigenvalue weighted by Gasteiger charge is -2.71. The zero-order chi connectivity index (χ0) is 41.2. The third kappa shape index (κ3) is 7.98. The highest BCUT2D eigenvalue weighted by Crippen LogP contribution is 2.73. The van der Waals surface area contributed by atoms with Crippen molar-refractivity contribution in [2.24, 2.45) is 45.3 Å². The number of carbonyl (C=O) groups is 2. The molecular weight excluding hydrogens is 725 g/mol. The van der Waals surface area contributed by atoms with Crippen molar-refractivity contribution in [1.82, 2.24) is 0 Å². The summed E-state index contributed by atoms with van der Waals surface area (Å²) in [4.78, 5) is 26.0. The Labute approximate surface area is 349 Å². The average molecular weight is 799 g/mol. The number of carbonyl (C=O) groups excluding carboxylic acids is 2. The number of ether oxygens (including phenoxy) is 2. The minimum Gasteiger partial charge on any atom is -0.462 e. The zero-order valence-corrected chi connectivity index (χ0v) is 36.2. The molecule has 2 heterocycles. The third-order valence-electron chi connectivity index (χ3n) is 17.3. The maximum atomic E-state index is 14.1. The number of cyclic esters (lactones) is 1. The van der Waals surface area contributed by atoms with Gasteiger partial charge in [-0.1, -0.05) is 89.1 Å². The van der Waals surface area contributed by atoms with Crippen LogP contribution < -0.4 is 0 Å². The van der Waals surface area contributed by atoms with Crippen molar-refractivity contribution in [1.29, 1.82) is 0 Å². The Hall–Kier alpha value is -2.66. The molecule has 4 fully saturated rings. The van der Waals surface area contributed by atoms with E-state index < -0.39 is 46.1 Å². The average Bonchev–Trinajstić information content (AvgIpc) is 3.96. The molecule has 3 N–H and O–H groups in total. The molecule has 58 heavy (non-hydrogen) atoms. The van der Waals surface area contributed by atoms with E-state index in [1.54, 1.807) is 0 Å². The van der Waals surface area contributed by atoms with Gasteiger partial charge in [0.2, 0.25) is 0 Å². The van der Waals surface area contributed by atoms with Gasteiger partial charge in [-0.15, -0.1) is 5.92 Å². The van der Waals surface area contributed by atoms with E-state index in [9.17, 15) is 24.9 Å². The molecule has 0 unspecified atom stereocenters. The molecule has 7 rings (SSSR count). The molecule has 0 amide bonds. The Kier molecular flexibility index (Phi) is 13.3. The molecule has 2 aliphatic heterocycles. The van der Waals surface area contributed by atoms with Gasteiger partial charge >= 0.3 is 11.9 Å². The van der Waals surface area contributed by atoms with Crippen LogP contribution in [-0.4, -0.2) is 57.8 Å². The van der Waals surface area contributed by atoms with Crippen LogP contribution in [0.2, 0.25) is 0 Å². The Morgan fingerprint density at radius 3 is 2.52 bits per heavy atom. The van der Waals surface area contributed by atoms with Crippen molar-refractivity contribution in [3.8, 4) is 11.8 Å². The minimum absolute atomic E-state index is 0.179. The molecular formula is C51H74O7. The second-order valence-electron chi connectivity index (χ2n) is 20.6. The Morgan fingerprint density at radius 2 is 1.76 bits per heavy atom. The van der Waals surface area contributed by atoms with Crippen molar-refractivity contribution < 1.29 is 34.4 Å². The number of unbranched alkanes of at least 4 members (excludes halogenated alkanes) is 2. The van der Waals surface area contributed by atoms with Crippen molar-refractivity contribution in [2.75, 3.05) is 6.61 Å². The molecule has 0 radical (unpaired) electrons. The zero-order valence-electron chi connectivity index (χ0n) is 36.2. The quantitative estimate of drug-likeness (QED) is 0.0867. The van der Waals surface area contributed by atoms with Crippen LogP contribution in [-0.2, 0) is 25.5 Å². The molecule has 12 atom stereocenters. The van der Waals surface area contributed by atoms with Gasteiger partial charge in [0.05, 0.1) is 35.1 Å². The van der Waals surface area contributed by atoms with Crippen LogP contribution in [0.15, 0.2) is 42.0 Å². The molecule has 1 aromatic carbocycles. The highest BCUT2D eigenvalue weighted by molar-refractivity contribution is 5.85. The first kappa shape index (κ1) is 43.4. The lowest BCUT2D eigenvalue weighted by molar-refractivity contribution is -0.338. The summed E-state index contributed by atoms with van der Waals surface area (Å²) in [5.41, 5.74) is -2.16. The highest BCUT2D eigenvalue weighted by Gasteiger charge is 2.78. The first-order valence-electron chi connectivity index (χ1n) is 23.5. The van der Waals surface area contributed by atoms with Crippen molar-refractivity contribution >= 4 is 11.9 Å². The van der Waals surface area contributed by atoms with Crippen LogP contribution in [0.3, 0.4) is 0 Å². The summed E-state index contributed by atoms with van der Waals surface area (Å²) in [5, 5.41) is 40.3. The SMILES string of the molecule is CCCCC[C@@H]1CCC[C@@]12CC[C@H]([C@]1(C)CC[C@@H](O)[C@@]3([C@H](O)CC[C@H](C)CCCc4ccccc4)[C@H]1[C@H]1C[C@](C)(C#CCCC(=O)O1)[C@]3(O)CCC1=CC(=O)OC1)C2. The second-order valence-corrected chi connectivity index (χ2v) is 20.6. The van der Waals surface area contributed by atoms with Gasteiger partial charge in [0.15, 0.2) is 0 Å². The molecule has 4 aliphatic carbocycles. The van der Waals surface area contributed by atoms with Gasteiger partial charge in [-0.2, -0.15) is 0 Å². The number of esters is 2. The number of hydrogen-bond acceptors (Lipinski definition) is 7. The molecule has 0 saturated heterocycles. The van der Waals surface area contributed by atoms with E-state index in [-0.39, 0.29) is 31.4 Å². The van der Waals surface area contributed by atoms with E-state index in [4.69, 9.17) is 9.47 Å². The summed E-state index contributed by atoms with van der Waals surface area (Å²) < 4.78 is 12.0. The lowest BCUT2D eigenvalue weighted by Crippen LogP contribution is -2.79. The van der Waals surface area contributed by atoms with Crippen LogP contribution in [0.4, 0.5) is 0 Å². The first-order valence-corrected chi connectivity index (χ1v) is 23.5. The number of benzene rings is 1. The Balaban J connectivity index is 1.28. The van der Waals surface area contributed by atoms with Crippen LogP contribution >= 0.6 is 0 Å². The molecule has 2 bridgehead atoms. The van der Waals surface area contributed by atoms with Crippen LogP contribution in [0.25, 0.3) is 0 Å². The smallest absolute Gasteiger partial charge is 0.331 e. The van der Waals surface area contributed by atoms with E-state index in [1.165, 1.54) is 63.0 Å². The summed E-state index contributed by atoms with van der Waals surface area (Å²) in [7, 11) is 0. The molecule has 7 heteroatoms. The maximum Gasteiger partial charge on any atom is 0.331 e. The molecule has 1 spiro atoms.